The molecule has 1 aromatic rings. The summed E-state index contributed by atoms with van der Waals surface area (Å²) in [5, 5.41) is 3.17. The number of nitrogens with one attached hydrogen (secondary N) is 1. The number of likely N-dealkylation sites (tertiary alicyclic amines) is 1. The molecule has 2 fully saturated rings. The summed E-state index contributed by atoms with van der Waals surface area (Å²) in [6.45, 7) is 15.6. The number of ether oxygens (including phenoxy) is 2. The maximum absolute atomic E-state index is 13.7. The van der Waals surface area contributed by atoms with Gasteiger partial charge in [0.1, 0.15) is 6.10 Å². The van der Waals surface area contributed by atoms with Gasteiger partial charge in [-0.2, -0.15) is 0 Å². The Hall–Kier alpha value is -2.16. The van der Waals surface area contributed by atoms with Crippen molar-refractivity contribution in [1.82, 2.24) is 14.7 Å². The van der Waals surface area contributed by atoms with Crippen molar-refractivity contribution in [1.29, 1.82) is 0 Å². The first-order valence-electron chi connectivity index (χ1n) is 15.2. The van der Waals surface area contributed by atoms with Gasteiger partial charge < -0.3 is 29.5 Å². The summed E-state index contributed by atoms with van der Waals surface area (Å²) in [5.41, 5.74) is 1.14. The minimum absolute atomic E-state index is 0.0225. The van der Waals surface area contributed by atoms with E-state index in [-0.39, 0.29) is 35.8 Å². The Morgan fingerprint density at radius 3 is 2.51 bits per heavy atom. The van der Waals surface area contributed by atoms with Crippen molar-refractivity contribution in [2.45, 2.75) is 71.9 Å². The smallest absolute Gasteiger partial charge is 0.257 e. The van der Waals surface area contributed by atoms with E-state index in [1.54, 1.807) is 0 Å². The molecule has 1 aromatic carbocycles. The van der Waals surface area contributed by atoms with Crippen LogP contribution in [0.2, 0.25) is 0 Å². The number of piperidine rings is 1. The zero-order chi connectivity index (χ0) is 27.9. The van der Waals surface area contributed by atoms with Gasteiger partial charge in [-0.05, 0) is 90.7 Å². The van der Waals surface area contributed by atoms with Crippen molar-refractivity contribution in [2.24, 2.45) is 17.8 Å². The molecule has 2 atom stereocenters. The van der Waals surface area contributed by atoms with Crippen LogP contribution in [-0.2, 0) is 9.53 Å². The maximum Gasteiger partial charge on any atom is 0.257 e. The summed E-state index contributed by atoms with van der Waals surface area (Å²) in [4.78, 5) is 33.8. The van der Waals surface area contributed by atoms with Gasteiger partial charge in [0.25, 0.3) is 5.91 Å². The molecule has 3 aliphatic heterocycles. The van der Waals surface area contributed by atoms with Crippen LogP contribution in [0.5, 0.6) is 5.75 Å². The van der Waals surface area contributed by atoms with E-state index >= 15 is 0 Å². The fraction of sp³-hybridized carbons (Fsp3) is 0.742. The second-order valence-electron chi connectivity index (χ2n) is 12.2. The molecular formula is C31H50N4O4. The van der Waals surface area contributed by atoms with Crippen molar-refractivity contribution in [3.05, 3.63) is 23.8 Å². The molecule has 0 aromatic heterocycles. The fourth-order valence-electron chi connectivity index (χ4n) is 6.25. The first-order valence-corrected chi connectivity index (χ1v) is 15.2. The Balaban J connectivity index is 1.54. The number of hydrogen-bond donors (Lipinski definition) is 1. The number of nitrogens with zero attached hydrogens (tertiary/aromatic N) is 3. The Morgan fingerprint density at radius 2 is 1.85 bits per heavy atom. The van der Waals surface area contributed by atoms with E-state index in [0.29, 0.717) is 29.5 Å². The zero-order valence-electron chi connectivity index (χ0n) is 24.8. The molecule has 8 heteroatoms. The standard InChI is InChI=1S/C31H50N4O4/c1-6-14-34-15-10-25(11-16-34)30(36)32-27-9-7-8-26-29(27)39-28(23(4)19-35(22(2)3)31(26)37)21-33(5)20-24-12-17-38-18-13-24/h7-9,22-25,28H,6,10-21H2,1-5H3,(H,32,36)/t23-,28+/m0/s1. The number of carbonyl (C=O) groups excluding carboxylic acids is 2. The normalized spacial score (nSPS) is 23.9. The lowest BCUT2D eigenvalue weighted by Crippen LogP contribution is -2.49. The van der Waals surface area contributed by atoms with Gasteiger partial charge in [0.05, 0.1) is 11.3 Å². The quantitative estimate of drug-likeness (QED) is 0.500. The first kappa shape index (κ1) is 29.8. The number of hydrogen-bond acceptors (Lipinski definition) is 6. The molecule has 0 saturated carbocycles. The van der Waals surface area contributed by atoms with Crippen LogP contribution in [0.1, 0.15) is 70.2 Å². The highest BCUT2D eigenvalue weighted by atomic mass is 16.5. The molecule has 8 nitrogen and oxygen atoms in total. The van der Waals surface area contributed by atoms with Gasteiger partial charge in [-0.25, -0.2) is 0 Å². The van der Waals surface area contributed by atoms with E-state index in [0.717, 1.165) is 78.0 Å². The van der Waals surface area contributed by atoms with Crippen LogP contribution < -0.4 is 10.1 Å². The number of likely N-dealkylation sites (N-methyl/N-ethyl adjacent to an activating group) is 1. The lowest BCUT2D eigenvalue weighted by molar-refractivity contribution is -0.121. The van der Waals surface area contributed by atoms with Gasteiger partial charge in [0.2, 0.25) is 5.91 Å². The molecule has 3 aliphatic rings. The van der Waals surface area contributed by atoms with Crippen molar-refractivity contribution in [2.75, 3.05) is 64.8 Å². The third-order valence-electron chi connectivity index (χ3n) is 8.68. The molecule has 39 heavy (non-hydrogen) atoms. The van der Waals surface area contributed by atoms with E-state index < -0.39 is 0 Å². The molecule has 0 bridgehead atoms. The van der Waals surface area contributed by atoms with E-state index in [4.69, 9.17) is 9.47 Å². The van der Waals surface area contributed by atoms with Crippen LogP contribution in [0.3, 0.4) is 0 Å². The third-order valence-corrected chi connectivity index (χ3v) is 8.68. The first-order chi connectivity index (χ1) is 18.8. The molecule has 218 valence electrons. The Kier molecular flexibility index (Phi) is 10.7. The average Bonchev–Trinajstić information content (AvgIpc) is 2.92. The number of rotatable bonds is 9. The van der Waals surface area contributed by atoms with Crippen molar-refractivity contribution in [3.63, 3.8) is 0 Å². The number of carbonyl (C=O) groups is 2. The number of anilines is 1. The predicted molar refractivity (Wildman–Crippen MR) is 155 cm³/mol. The average molecular weight is 543 g/mol. The second-order valence-corrected chi connectivity index (χ2v) is 12.2. The second kappa shape index (κ2) is 14.0. The molecule has 4 rings (SSSR count). The van der Waals surface area contributed by atoms with Crippen molar-refractivity contribution >= 4 is 17.5 Å². The van der Waals surface area contributed by atoms with E-state index in [1.165, 1.54) is 0 Å². The highest BCUT2D eigenvalue weighted by Crippen LogP contribution is 2.35. The summed E-state index contributed by atoms with van der Waals surface area (Å²) in [7, 11) is 2.16. The summed E-state index contributed by atoms with van der Waals surface area (Å²) in [6.07, 6.45) is 4.93. The van der Waals surface area contributed by atoms with E-state index in [2.05, 4.69) is 49.9 Å². The van der Waals surface area contributed by atoms with Crippen LogP contribution in [-0.4, -0.2) is 98.2 Å². The monoisotopic (exact) mass is 542 g/mol. The highest BCUT2D eigenvalue weighted by Gasteiger charge is 2.35. The van der Waals surface area contributed by atoms with Gasteiger partial charge in [-0.1, -0.05) is 19.9 Å². The van der Waals surface area contributed by atoms with Gasteiger partial charge >= 0.3 is 0 Å². The molecule has 1 N–H and O–H groups in total. The van der Waals surface area contributed by atoms with Crippen LogP contribution >= 0.6 is 0 Å². The highest BCUT2D eigenvalue weighted by molar-refractivity contribution is 6.02. The molecule has 0 aliphatic carbocycles. The molecule has 0 radical (unpaired) electrons. The van der Waals surface area contributed by atoms with Crippen LogP contribution in [0, 0.1) is 17.8 Å². The zero-order valence-corrected chi connectivity index (χ0v) is 24.8. The van der Waals surface area contributed by atoms with Crippen LogP contribution in [0.4, 0.5) is 5.69 Å². The molecule has 0 spiro atoms. The third kappa shape index (κ3) is 7.74. The van der Waals surface area contributed by atoms with E-state index in [9.17, 15) is 9.59 Å². The SMILES string of the molecule is CCCN1CCC(C(=O)Nc2cccc3c2O[C@H](CN(C)CC2CCOCC2)[C@@H](C)CN(C(C)C)C3=O)CC1. The molecule has 0 unspecified atom stereocenters. The van der Waals surface area contributed by atoms with E-state index in [1.807, 2.05) is 23.1 Å². The topological polar surface area (TPSA) is 74.4 Å². The van der Waals surface area contributed by atoms with Gasteiger partial charge in [0, 0.05) is 50.7 Å². The molecule has 2 amide bonds. The van der Waals surface area contributed by atoms with Crippen molar-refractivity contribution in [3.8, 4) is 5.75 Å². The van der Waals surface area contributed by atoms with Crippen LogP contribution in [0.25, 0.3) is 0 Å². The number of amides is 2. The van der Waals surface area contributed by atoms with Gasteiger partial charge in [-0.3, -0.25) is 9.59 Å². The molecule has 2 saturated heterocycles. The van der Waals surface area contributed by atoms with Crippen LogP contribution in [0.15, 0.2) is 18.2 Å². The summed E-state index contributed by atoms with van der Waals surface area (Å²) in [6, 6.07) is 5.64. The minimum atomic E-state index is -0.113. The Morgan fingerprint density at radius 1 is 1.13 bits per heavy atom. The summed E-state index contributed by atoms with van der Waals surface area (Å²) >= 11 is 0. The molecule has 3 heterocycles. The Bertz CT molecular complexity index is 956. The minimum Gasteiger partial charge on any atom is -0.486 e. The summed E-state index contributed by atoms with van der Waals surface area (Å²) < 4.78 is 12.3. The largest absolute Gasteiger partial charge is 0.486 e. The lowest BCUT2D eigenvalue weighted by Gasteiger charge is -2.39. The number of benzene rings is 1. The lowest BCUT2D eigenvalue weighted by atomic mass is 9.95. The van der Waals surface area contributed by atoms with Gasteiger partial charge in [-0.15, -0.1) is 0 Å². The predicted octanol–water partition coefficient (Wildman–Crippen LogP) is 4.35. The molecular weight excluding hydrogens is 492 g/mol. The number of fused-ring (bicyclic) bond motifs is 1. The number of para-hydroxylation sites is 1. The maximum atomic E-state index is 13.7. The summed E-state index contributed by atoms with van der Waals surface area (Å²) in [5.74, 6) is 1.25. The van der Waals surface area contributed by atoms with Gasteiger partial charge in [0.15, 0.2) is 5.75 Å². The van der Waals surface area contributed by atoms with Crippen molar-refractivity contribution < 1.29 is 19.1 Å². The fourth-order valence-corrected chi connectivity index (χ4v) is 6.25. The Labute approximate surface area is 235 Å².